The first-order valence-electron chi connectivity index (χ1n) is 6.43. The fraction of sp³-hybridized carbons (Fsp3) is 0.500. The first kappa shape index (κ1) is 14.3. The zero-order chi connectivity index (χ0) is 13.8. The number of hydrogen-bond donors (Lipinski definition) is 1. The van der Waals surface area contributed by atoms with Gasteiger partial charge >= 0.3 is 0 Å². The molecule has 3 nitrogen and oxygen atoms in total. The predicted octanol–water partition coefficient (Wildman–Crippen LogP) is 2.90. The summed E-state index contributed by atoms with van der Waals surface area (Å²) in [6.45, 7) is 2.89. The third-order valence-electron chi connectivity index (χ3n) is 3.52. The first-order chi connectivity index (χ1) is 9.13. The second-order valence-electron chi connectivity index (χ2n) is 4.96. The van der Waals surface area contributed by atoms with Crippen LogP contribution in [0, 0.1) is 23.1 Å². The molecule has 0 spiro atoms. The van der Waals surface area contributed by atoms with Gasteiger partial charge in [0, 0.05) is 13.6 Å². The van der Waals surface area contributed by atoms with E-state index in [9.17, 15) is 4.39 Å². The number of nitrogens with zero attached hydrogens (tertiary/aromatic N) is 2. The Hall–Kier alpha value is -1.12. The van der Waals surface area contributed by atoms with E-state index in [0.29, 0.717) is 17.2 Å². The van der Waals surface area contributed by atoms with E-state index in [2.05, 4.69) is 21.2 Å². The van der Waals surface area contributed by atoms with E-state index >= 15 is 0 Å². The molecule has 1 saturated heterocycles. The molecule has 0 bridgehead atoms. The van der Waals surface area contributed by atoms with Gasteiger partial charge < -0.3 is 10.2 Å². The summed E-state index contributed by atoms with van der Waals surface area (Å²) in [5.41, 5.74) is 0.866. The van der Waals surface area contributed by atoms with Crippen LogP contribution in [0.1, 0.15) is 18.4 Å². The molecular weight excluding hydrogens is 309 g/mol. The van der Waals surface area contributed by atoms with Crippen molar-refractivity contribution in [1.29, 1.82) is 5.26 Å². The lowest BCUT2D eigenvalue weighted by Gasteiger charge is -2.29. The van der Waals surface area contributed by atoms with Crippen LogP contribution in [0.3, 0.4) is 0 Å². The standard InChI is InChI=1S/C14H17BrFN3/c1-19(9-10-3-2-6-18-8-10)12-5-4-11(7-17)13(15)14(12)16/h4-5,10,18H,2-3,6,8-9H2,1H3. The molecule has 1 unspecified atom stereocenters. The molecule has 1 aromatic carbocycles. The normalized spacial score (nSPS) is 18.9. The van der Waals surface area contributed by atoms with Crippen molar-refractivity contribution in [2.45, 2.75) is 12.8 Å². The molecule has 0 aromatic heterocycles. The molecule has 0 radical (unpaired) electrons. The quantitative estimate of drug-likeness (QED) is 0.928. The monoisotopic (exact) mass is 325 g/mol. The fourth-order valence-corrected chi connectivity index (χ4v) is 2.91. The highest BCUT2D eigenvalue weighted by Crippen LogP contribution is 2.29. The van der Waals surface area contributed by atoms with Gasteiger partial charge in [-0.3, -0.25) is 0 Å². The van der Waals surface area contributed by atoms with Gasteiger partial charge in [-0.2, -0.15) is 5.26 Å². The van der Waals surface area contributed by atoms with E-state index in [4.69, 9.17) is 5.26 Å². The topological polar surface area (TPSA) is 39.1 Å². The van der Waals surface area contributed by atoms with Crippen molar-refractivity contribution in [2.75, 3.05) is 31.6 Å². The Kier molecular flexibility index (Phi) is 4.78. The van der Waals surface area contributed by atoms with E-state index in [1.165, 1.54) is 12.8 Å². The fourth-order valence-electron chi connectivity index (χ4n) is 2.49. The lowest BCUT2D eigenvalue weighted by molar-refractivity contribution is 0.380. The maximum absolute atomic E-state index is 14.2. The molecule has 1 aliphatic heterocycles. The Balaban J connectivity index is 2.12. The third kappa shape index (κ3) is 3.26. The minimum atomic E-state index is -0.356. The van der Waals surface area contributed by atoms with Crippen LogP contribution in [0.5, 0.6) is 0 Å². The summed E-state index contributed by atoms with van der Waals surface area (Å²) in [6.07, 6.45) is 2.36. The Morgan fingerprint density at radius 3 is 3.00 bits per heavy atom. The van der Waals surface area contributed by atoms with Crippen LogP contribution in [0.25, 0.3) is 0 Å². The molecule has 19 heavy (non-hydrogen) atoms. The van der Waals surface area contributed by atoms with Gasteiger partial charge in [0.15, 0.2) is 5.82 Å². The summed E-state index contributed by atoms with van der Waals surface area (Å²) in [5, 5.41) is 12.2. The third-order valence-corrected chi connectivity index (χ3v) is 4.30. The molecular formula is C14H17BrFN3. The van der Waals surface area contributed by atoms with Crippen LogP contribution < -0.4 is 10.2 Å². The van der Waals surface area contributed by atoms with Crippen LogP contribution in [0.2, 0.25) is 0 Å². The second kappa shape index (κ2) is 6.36. The van der Waals surface area contributed by atoms with Crippen molar-refractivity contribution in [2.24, 2.45) is 5.92 Å². The number of nitrogens with one attached hydrogen (secondary N) is 1. The van der Waals surface area contributed by atoms with Crippen LogP contribution in [0.4, 0.5) is 10.1 Å². The Bertz CT molecular complexity index is 492. The van der Waals surface area contributed by atoms with E-state index in [-0.39, 0.29) is 10.3 Å². The van der Waals surface area contributed by atoms with Gasteiger partial charge in [-0.1, -0.05) is 0 Å². The molecule has 102 valence electrons. The number of piperidine rings is 1. The van der Waals surface area contributed by atoms with E-state index in [1.54, 1.807) is 12.1 Å². The molecule has 5 heteroatoms. The van der Waals surface area contributed by atoms with Crippen LogP contribution in [-0.2, 0) is 0 Å². The minimum absolute atomic E-state index is 0.251. The highest BCUT2D eigenvalue weighted by atomic mass is 79.9. The predicted molar refractivity (Wildman–Crippen MR) is 77.7 cm³/mol. The lowest BCUT2D eigenvalue weighted by atomic mass is 9.99. The zero-order valence-electron chi connectivity index (χ0n) is 10.9. The number of rotatable bonds is 3. The molecule has 0 aliphatic carbocycles. The maximum Gasteiger partial charge on any atom is 0.161 e. The van der Waals surface area contributed by atoms with Gasteiger partial charge in [0.25, 0.3) is 0 Å². The van der Waals surface area contributed by atoms with Gasteiger partial charge in [0.05, 0.1) is 15.7 Å². The van der Waals surface area contributed by atoms with E-state index < -0.39 is 0 Å². The minimum Gasteiger partial charge on any atom is -0.372 e. The largest absolute Gasteiger partial charge is 0.372 e. The summed E-state index contributed by atoms with van der Waals surface area (Å²) in [4.78, 5) is 1.93. The molecule has 0 amide bonds. The first-order valence-corrected chi connectivity index (χ1v) is 7.22. The number of hydrogen-bond acceptors (Lipinski definition) is 3. The van der Waals surface area contributed by atoms with Crippen molar-refractivity contribution in [3.05, 3.63) is 28.0 Å². The van der Waals surface area contributed by atoms with Crippen molar-refractivity contribution < 1.29 is 4.39 Å². The van der Waals surface area contributed by atoms with Gasteiger partial charge in [-0.05, 0) is 59.9 Å². The highest BCUT2D eigenvalue weighted by molar-refractivity contribution is 9.10. The molecule has 1 fully saturated rings. The molecule has 1 aliphatic rings. The summed E-state index contributed by atoms with van der Waals surface area (Å²) in [6, 6.07) is 5.29. The SMILES string of the molecule is CN(CC1CCCNC1)c1ccc(C#N)c(Br)c1F. The van der Waals surface area contributed by atoms with Gasteiger partial charge in [-0.25, -0.2) is 4.39 Å². The van der Waals surface area contributed by atoms with E-state index in [0.717, 1.165) is 19.6 Å². The lowest BCUT2D eigenvalue weighted by Crippen LogP contribution is -2.37. The van der Waals surface area contributed by atoms with Gasteiger partial charge in [0.1, 0.15) is 6.07 Å². The summed E-state index contributed by atoms with van der Waals surface area (Å²) in [5.74, 6) is 0.192. The average Bonchev–Trinajstić information content (AvgIpc) is 2.42. The van der Waals surface area contributed by atoms with Gasteiger partial charge in [0.2, 0.25) is 0 Å². The summed E-state index contributed by atoms with van der Waals surface area (Å²) in [7, 11) is 1.89. The van der Waals surface area contributed by atoms with E-state index in [1.807, 2.05) is 18.0 Å². The average molecular weight is 326 g/mol. The van der Waals surface area contributed by atoms with Crippen LogP contribution in [0.15, 0.2) is 16.6 Å². The molecule has 1 aromatic rings. The highest BCUT2D eigenvalue weighted by Gasteiger charge is 2.19. The van der Waals surface area contributed by atoms with Crippen molar-refractivity contribution in [1.82, 2.24) is 5.32 Å². The van der Waals surface area contributed by atoms with Crippen LogP contribution in [-0.4, -0.2) is 26.7 Å². The maximum atomic E-state index is 14.2. The molecule has 1 N–H and O–H groups in total. The van der Waals surface area contributed by atoms with Gasteiger partial charge in [-0.15, -0.1) is 0 Å². The number of anilines is 1. The molecule has 0 saturated carbocycles. The molecule has 2 rings (SSSR count). The van der Waals surface area contributed by atoms with Crippen molar-refractivity contribution in [3.8, 4) is 6.07 Å². The second-order valence-corrected chi connectivity index (χ2v) is 5.76. The Morgan fingerprint density at radius 2 is 2.37 bits per heavy atom. The number of benzene rings is 1. The molecule has 1 atom stereocenters. The van der Waals surface area contributed by atoms with Crippen molar-refractivity contribution >= 4 is 21.6 Å². The smallest absolute Gasteiger partial charge is 0.161 e. The van der Waals surface area contributed by atoms with Crippen LogP contribution >= 0.6 is 15.9 Å². The summed E-state index contributed by atoms with van der Waals surface area (Å²) >= 11 is 3.15. The zero-order valence-corrected chi connectivity index (χ0v) is 12.5. The Morgan fingerprint density at radius 1 is 1.58 bits per heavy atom. The van der Waals surface area contributed by atoms with Crippen molar-refractivity contribution in [3.63, 3.8) is 0 Å². The summed E-state index contributed by atoms with van der Waals surface area (Å²) < 4.78 is 14.4. The number of halogens is 2. The Labute approximate surface area is 121 Å². The number of nitriles is 1. The molecule has 1 heterocycles.